The standard InChI is InChI=1S/C25H25N7O7/c33-19-8-28-14(5-17(19)18-7-27-9-23(29-18)38-16-11-36-12-16)6-26-4-3-15-10-32(25(35)39-15)21-2-1-20-24(30-21)31-22(34)13-37-20/h1-2,5,7-9,15-16,26,33H,3-4,6,10-13H2,(H,30,31,34)/t15-/m0/s1. The molecular formula is C25H25N7O7. The molecule has 6 heterocycles. The van der Waals surface area contributed by atoms with Crippen LogP contribution in [-0.4, -0.2) is 82.2 Å². The van der Waals surface area contributed by atoms with Crippen LogP contribution >= 0.6 is 0 Å². The number of nitrogens with zero attached hydrogens (tertiary/aromatic N) is 5. The number of hydrogen-bond acceptors (Lipinski definition) is 12. The van der Waals surface area contributed by atoms with Crippen molar-refractivity contribution in [2.24, 2.45) is 0 Å². The van der Waals surface area contributed by atoms with Gasteiger partial charge in [0.1, 0.15) is 23.8 Å². The number of cyclic esters (lactones) is 1. The molecule has 202 valence electrons. The molecule has 3 aliphatic heterocycles. The SMILES string of the molecule is O=C1COc2ccc(N3C[C@H](CCNCc4cc(-c5cncc(OC6COC6)n5)c(O)cn4)OC3=O)nc2N1. The van der Waals surface area contributed by atoms with E-state index in [9.17, 15) is 14.7 Å². The van der Waals surface area contributed by atoms with E-state index in [1.807, 2.05) is 0 Å². The van der Waals surface area contributed by atoms with Crippen LogP contribution in [0, 0.1) is 0 Å². The van der Waals surface area contributed by atoms with Crippen LogP contribution in [0.25, 0.3) is 11.3 Å². The number of nitrogens with one attached hydrogen (secondary N) is 2. The molecule has 39 heavy (non-hydrogen) atoms. The van der Waals surface area contributed by atoms with Crippen molar-refractivity contribution in [3.63, 3.8) is 0 Å². The molecule has 2 saturated heterocycles. The molecule has 2 fully saturated rings. The van der Waals surface area contributed by atoms with Gasteiger partial charge < -0.3 is 34.7 Å². The number of amides is 2. The third-order valence-electron chi connectivity index (χ3n) is 6.28. The van der Waals surface area contributed by atoms with E-state index in [0.29, 0.717) is 73.7 Å². The van der Waals surface area contributed by atoms with Gasteiger partial charge in [-0.2, -0.15) is 0 Å². The van der Waals surface area contributed by atoms with Crippen molar-refractivity contribution in [2.45, 2.75) is 25.2 Å². The molecule has 3 aliphatic rings. The summed E-state index contributed by atoms with van der Waals surface area (Å²) in [5.41, 5.74) is 1.65. The first-order valence-corrected chi connectivity index (χ1v) is 12.4. The van der Waals surface area contributed by atoms with Crippen LogP contribution in [-0.2, 0) is 20.8 Å². The van der Waals surface area contributed by atoms with Crippen LogP contribution in [0.2, 0.25) is 0 Å². The summed E-state index contributed by atoms with van der Waals surface area (Å²) in [4.78, 5) is 42.7. The van der Waals surface area contributed by atoms with Gasteiger partial charge in [0.15, 0.2) is 18.2 Å². The Morgan fingerprint density at radius 1 is 1.18 bits per heavy atom. The van der Waals surface area contributed by atoms with Gasteiger partial charge >= 0.3 is 6.09 Å². The van der Waals surface area contributed by atoms with Gasteiger partial charge in [0, 0.05) is 12.1 Å². The number of carbonyl (C=O) groups excluding carboxylic acids is 2. The summed E-state index contributed by atoms with van der Waals surface area (Å²) in [6.07, 6.45) is 4.12. The average molecular weight is 536 g/mol. The van der Waals surface area contributed by atoms with Gasteiger partial charge in [-0.05, 0) is 31.2 Å². The summed E-state index contributed by atoms with van der Waals surface area (Å²) in [6.45, 7) is 2.26. The van der Waals surface area contributed by atoms with Gasteiger partial charge in [-0.15, -0.1) is 0 Å². The Morgan fingerprint density at radius 2 is 2.08 bits per heavy atom. The van der Waals surface area contributed by atoms with Crippen LogP contribution in [0.4, 0.5) is 16.4 Å². The Balaban J connectivity index is 1.02. The quantitative estimate of drug-likeness (QED) is 0.336. The van der Waals surface area contributed by atoms with Crippen molar-refractivity contribution < 1.29 is 33.6 Å². The number of rotatable bonds is 9. The van der Waals surface area contributed by atoms with Crippen molar-refractivity contribution in [3.05, 3.63) is 42.5 Å². The number of ether oxygens (including phenoxy) is 4. The minimum Gasteiger partial charge on any atom is -0.506 e. The first kappa shape index (κ1) is 24.8. The minimum absolute atomic E-state index is 0.0166. The second kappa shape index (κ2) is 10.7. The second-order valence-electron chi connectivity index (χ2n) is 9.15. The lowest BCUT2D eigenvalue weighted by molar-refractivity contribution is -0.118. The predicted molar refractivity (Wildman–Crippen MR) is 134 cm³/mol. The molecule has 2 amide bonds. The van der Waals surface area contributed by atoms with E-state index in [1.165, 1.54) is 17.3 Å². The molecule has 14 nitrogen and oxygen atoms in total. The second-order valence-corrected chi connectivity index (χ2v) is 9.15. The van der Waals surface area contributed by atoms with Crippen molar-refractivity contribution in [1.29, 1.82) is 0 Å². The predicted octanol–water partition coefficient (Wildman–Crippen LogP) is 1.25. The van der Waals surface area contributed by atoms with E-state index in [0.717, 1.165) is 0 Å². The molecular weight excluding hydrogens is 510 g/mol. The van der Waals surface area contributed by atoms with Crippen LogP contribution < -0.4 is 25.0 Å². The number of hydrogen-bond donors (Lipinski definition) is 3. The van der Waals surface area contributed by atoms with Crippen molar-refractivity contribution in [2.75, 3.05) is 43.1 Å². The number of pyridine rings is 2. The summed E-state index contributed by atoms with van der Waals surface area (Å²) in [6, 6.07) is 5.06. The first-order chi connectivity index (χ1) is 19.0. The molecule has 14 heteroatoms. The average Bonchev–Trinajstić information content (AvgIpc) is 3.29. The molecule has 3 aromatic rings. The van der Waals surface area contributed by atoms with E-state index in [-0.39, 0.29) is 36.3 Å². The first-order valence-electron chi connectivity index (χ1n) is 12.4. The lowest BCUT2D eigenvalue weighted by atomic mass is 10.1. The van der Waals surface area contributed by atoms with E-state index < -0.39 is 6.09 Å². The molecule has 3 N–H and O–H groups in total. The van der Waals surface area contributed by atoms with Gasteiger partial charge in [-0.1, -0.05) is 0 Å². The van der Waals surface area contributed by atoms with E-state index in [1.54, 1.807) is 24.4 Å². The molecule has 0 bridgehead atoms. The number of anilines is 2. The summed E-state index contributed by atoms with van der Waals surface area (Å²) >= 11 is 0. The van der Waals surface area contributed by atoms with Crippen LogP contribution in [0.5, 0.6) is 17.4 Å². The molecule has 3 aromatic heterocycles. The van der Waals surface area contributed by atoms with Crippen LogP contribution in [0.1, 0.15) is 12.1 Å². The van der Waals surface area contributed by atoms with Gasteiger partial charge in [-0.3, -0.25) is 19.7 Å². The van der Waals surface area contributed by atoms with E-state index >= 15 is 0 Å². The lowest BCUT2D eigenvalue weighted by Gasteiger charge is -2.25. The fourth-order valence-electron chi connectivity index (χ4n) is 4.22. The maximum atomic E-state index is 12.4. The Bertz CT molecular complexity index is 1400. The summed E-state index contributed by atoms with van der Waals surface area (Å²) < 4.78 is 21.6. The molecule has 1 atom stereocenters. The Kier molecular flexibility index (Phi) is 6.77. The molecule has 0 aromatic carbocycles. The van der Waals surface area contributed by atoms with Gasteiger partial charge in [0.05, 0.1) is 49.7 Å². The molecule has 0 aliphatic carbocycles. The fraction of sp³-hybridized carbons (Fsp3) is 0.360. The highest BCUT2D eigenvalue weighted by Gasteiger charge is 2.33. The van der Waals surface area contributed by atoms with Crippen molar-refractivity contribution in [3.8, 4) is 28.6 Å². The number of aromatic hydroxyl groups is 1. The summed E-state index contributed by atoms with van der Waals surface area (Å²) in [5, 5.41) is 16.3. The maximum Gasteiger partial charge on any atom is 0.415 e. The molecule has 0 unspecified atom stereocenters. The topological polar surface area (TPSA) is 170 Å². The Labute approximate surface area is 222 Å². The third kappa shape index (κ3) is 5.51. The Morgan fingerprint density at radius 3 is 2.92 bits per heavy atom. The smallest absolute Gasteiger partial charge is 0.415 e. The highest BCUT2D eigenvalue weighted by atomic mass is 16.6. The normalized spacial score (nSPS) is 18.6. The number of fused-ring (bicyclic) bond motifs is 1. The van der Waals surface area contributed by atoms with Crippen LogP contribution in [0.15, 0.2) is 36.8 Å². The Hall–Kier alpha value is -4.56. The van der Waals surface area contributed by atoms with E-state index in [2.05, 4.69) is 30.6 Å². The monoisotopic (exact) mass is 535 g/mol. The maximum absolute atomic E-state index is 12.4. The highest BCUT2D eigenvalue weighted by molar-refractivity contribution is 5.95. The zero-order chi connectivity index (χ0) is 26.8. The molecule has 0 radical (unpaired) electrons. The molecule has 0 saturated carbocycles. The largest absolute Gasteiger partial charge is 0.506 e. The van der Waals surface area contributed by atoms with Crippen LogP contribution in [0.3, 0.4) is 0 Å². The van der Waals surface area contributed by atoms with E-state index in [4.69, 9.17) is 18.9 Å². The molecule has 6 rings (SSSR count). The fourth-order valence-corrected chi connectivity index (χ4v) is 4.22. The zero-order valence-electron chi connectivity index (χ0n) is 20.7. The highest BCUT2D eigenvalue weighted by Crippen LogP contribution is 2.31. The summed E-state index contributed by atoms with van der Waals surface area (Å²) in [7, 11) is 0. The van der Waals surface area contributed by atoms with Gasteiger partial charge in [0.2, 0.25) is 5.88 Å². The zero-order valence-corrected chi connectivity index (χ0v) is 20.7. The van der Waals surface area contributed by atoms with Crippen molar-refractivity contribution >= 4 is 23.6 Å². The summed E-state index contributed by atoms with van der Waals surface area (Å²) in [5.74, 6) is 1.15. The minimum atomic E-state index is -0.502. The third-order valence-corrected chi connectivity index (χ3v) is 6.28. The molecule has 0 spiro atoms. The number of aromatic nitrogens is 4. The number of carbonyl (C=O) groups is 2. The van der Waals surface area contributed by atoms with Gasteiger partial charge in [-0.25, -0.2) is 14.8 Å². The van der Waals surface area contributed by atoms with Gasteiger partial charge in [0.25, 0.3) is 5.91 Å². The van der Waals surface area contributed by atoms with Crippen molar-refractivity contribution in [1.82, 2.24) is 25.3 Å². The lowest BCUT2D eigenvalue weighted by Crippen LogP contribution is -2.38.